The van der Waals surface area contributed by atoms with Gasteiger partial charge >= 0.3 is 0 Å². The lowest BCUT2D eigenvalue weighted by molar-refractivity contribution is -0.115. The van der Waals surface area contributed by atoms with Crippen molar-refractivity contribution in [3.05, 3.63) is 76.3 Å². The van der Waals surface area contributed by atoms with Gasteiger partial charge in [0.05, 0.1) is 16.9 Å². The van der Waals surface area contributed by atoms with Gasteiger partial charge in [-0.2, -0.15) is 0 Å². The molecule has 1 aliphatic rings. The number of carbonyl (C=O) groups is 2. The molecule has 1 aromatic heterocycles. The normalized spacial score (nSPS) is 14.4. The fourth-order valence-electron chi connectivity index (χ4n) is 2.98. The predicted octanol–water partition coefficient (Wildman–Crippen LogP) is 4.76. The average Bonchev–Trinajstić information content (AvgIpc) is 3.14. The average molecular weight is 412 g/mol. The molecule has 1 amide bonds. The molecule has 0 bridgehead atoms. The number of ether oxygens (including phenoxy) is 1. The van der Waals surface area contributed by atoms with E-state index in [9.17, 15) is 18.4 Å². The van der Waals surface area contributed by atoms with Gasteiger partial charge in [0.15, 0.2) is 10.9 Å². The van der Waals surface area contributed by atoms with Crippen LogP contribution in [0.5, 0.6) is 5.75 Å². The van der Waals surface area contributed by atoms with Crippen LogP contribution in [0.1, 0.15) is 23.0 Å². The number of hydrogen-bond donors (Lipinski definition) is 0. The molecule has 29 heavy (non-hydrogen) atoms. The van der Waals surface area contributed by atoms with Crippen molar-refractivity contribution < 1.29 is 23.1 Å². The van der Waals surface area contributed by atoms with Gasteiger partial charge in [0.1, 0.15) is 24.0 Å². The second kappa shape index (κ2) is 7.56. The number of amides is 1. The molecule has 0 aliphatic carbocycles. The third-order valence-electron chi connectivity index (χ3n) is 4.30. The van der Waals surface area contributed by atoms with E-state index in [2.05, 4.69) is 4.98 Å². The topological polar surface area (TPSA) is 59.5 Å². The van der Waals surface area contributed by atoms with E-state index < -0.39 is 17.5 Å². The van der Waals surface area contributed by atoms with Gasteiger partial charge in [-0.15, -0.1) is 11.3 Å². The summed E-state index contributed by atoms with van der Waals surface area (Å²) in [6, 6.07) is 9.92. The molecule has 0 spiro atoms. The van der Waals surface area contributed by atoms with Gasteiger partial charge < -0.3 is 4.74 Å². The number of nitrogens with zero attached hydrogens (tertiary/aromatic N) is 2. The minimum Gasteiger partial charge on any atom is -0.488 e. The number of fused-ring (bicyclic) bond motifs is 1. The highest BCUT2D eigenvalue weighted by Gasteiger charge is 2.24. The number of hydrogen-bond acceptors (Lipinski definition) is 5. The third kappa shape index (κ3) is 3.66. The summed E-state index contributed by atoms with van der Waals surface area (Å²) < 4.78 is 33.0. The minimum absolute atomic E-state index is 0.0987. The summed E-state index contributed by atoms with van der Waals surface area (Å²) in [5, 5.41) is 1.85. The summed E-state index contributed by atoms with van der Waals surface area (Å²) in [7, 11) is 0. The molecule has 0 N–H and O–H groups in total. The van der Waals surface area contributed by atoms with E-state index in [-0.39, 0.29) is 23.2 Å². The smallest absolute Gasteiger partial charge is 0.230 e. The molecule has 2 heterocycles. The highest BCUT2D eigenvalue weighted by molar-refractivity contribution is 7.14. The van der Waals surface area contributed by atoms with Crippen molar-refractivity contribution in [3.63, 3.8) is 0 Å². The number of carbonyl (C=O) groups excluding carboxylic acids is 2. The Morgan fingerprint density at radius 1 is 1.24 bits per heavy atom. The lowest BCUT2D eigenvalue weighted by Crippen LogP contribution is -2.23. The fraction of sp³-hybridized carbons (Fsp3) is 0.0952. The molecule has 5 nitrogen and oxygen atoms in total. The van der Waals surface area contributed by atoms with Gasteiger partial charge in [-0.3, -0.25) is 14.5 Å². The van der Waals surface area contributed by atoms with E-state index in [1.165, 1.54) is 13.0 Å². The molecule has 0 fully saturated rings. The second-order valence-corrected chi connectivity index (χ2v) is 7.13. The van der Waals surface area contributed by atoms with Gasteiger partial charge in [-0.25, -0.2) is 13.8 Å². The number of benzene rings is 2. The first-order valence-electron chi connectivity index (χ1n) is 8.62. The quantitative estimate of drug-likeness (QED) is 0.582. The Kier molecular flexibility index (Phi) is 4.94. The number of para-hydroxylation sites is 1. The van der Waals surface area contributed by atoms with Crippen LogP contribution in [-0.2, 0) is 4.79 Å². The molecule has 0 unspecified atom stereocenters. The largest absolute Gasteiger partial charge is 0.488 e. The van der Waals surface area contributed by atoms with Crippen LogP contribution in [0.15, 0.2) is 53.4 Å². The molecular formula is C21H14F2N2O3S. The SMILES string of the molecule is CC(=O)N(c1nc(C=C2COc3ccccc3C2=O)cs1)c1ccc(F)cc1F. The van der Waals surface area contributed by atoms with Gasteiger partial charge in [0, 0.05) is 23.9 Å². The summed E-state index contributed by atoms with van der Waals surface area (Å²) in [6.07, 6.45) is 1.58. The van der Waals surface area contributed by atoms with Crippen molar-refractivity contribution in [3.8, 4) is 5.75 Å². The van der Waals surface area contributed by atoms with E-state index in [0.717, 1.165) is 22.3 Å². The fourth-order valence-corrected chi connectivity index (χ4v) is 3.81. The van der Waals surface area contributed by atoms with Crippen molar-refractivity contribution in [1.29, 1.82) is 0 Å². The zero-order valence-corrected chi connectivity index (χ0v) is 16.0. The van der Waals surface area contributed by atoms with E-state index in [1.807, 2.05) is 0 Å². The molecule has 146 valence electrons. The first-order valence-corrected chi connectivity index (χ1v) is 9.50. The van der Waals surface area contributed by atoms with E-state index in [1.54, 1.807) is 35.7 Å². The van der Waals surface area contributed by atoms with Crippen molar-refractivity contribution in [2.45, 2.75) is 6.92 Å². The maximum absolute atomic E-state index is 14.2. The number of halogens is 2. The first kappa shape index (κ1) is 18.9. The third-order valence-corrected chi connectivity index (χ3v) is 5.14. The van der Waals surface area contributed by atoms with Crippen LogP contribution in [-0.4, -0.2) is 23.3 Å². The molecule has 0 saturated heterocycles. The van der Waals surface area contributed by atoms with Crippen LogP contribution >= 0.6 is 11.3 Å². The summed E-state index contributed by atoms with van der Waals surface area (Å²) in [6.45, 7) is 1.36. The number of thiazole rings is 1. The van der Waals surface area contributed by atoms with Crippen LogP contribution in [0.2, 0.25) is 0 Å². The maximum Gasteiger partial charge on any atom is 0.230 e. The molecule has 0 radical (unpaired) electrons. The van der Waals surface area contributed by atoms with Crippen molar-refractivity contribution >= 4 is 39.9 Å². The molecule has 1 aliphatic heterocycles. The second-order valence-electron chi connectivity index (χ2n) is 6.29. The van der Waals surface area contributed by atoms with E-state index >= 15 is 0 Å². The van der Waals surface area contributed by atoms with Crippen LogP contribution in [0, 0.1) is 11.6 Å². The number of ketones is 1. The Hall–Kier alpha value is -3.39. The predicted molar refractivity (Wildman–Crippen MR) is 106 cm³/mol. The number of Topliss-reactive ketones (excluding diaryl/α,β-unsaturated/α-hetero) is 1. The van der Waals surface area contributed by atoms with E-state index in [0.29, 0.717) is 28.6 Å². The van der Waals surface area contributed by atoms with Gasteiger partial charge in [0.2, 0.25) is 5.91 Å². The summed E-state index contributed by atoms with van der Waals surface area (Å²) in [4.78, 5) is 30.2. The van der Waals surface area contributed by atoms with Crippen LogP contribution in [0.25, 0.3) is 6.08 Å². The van der Waals surface area contributed by atoms with Crippen LogP contribution in [0.3, 0.4) is 0 Å². The molecule has 3 aromatic rings. The molecule has 0 atom stereocenters. The first-order chi connectivity index (χ1) is 13.9. The molecular weight excluding hydrogens is 398 g/mol. The monoisotopic (exact) mass is 412 g/mol. The zero-order valence-electron chi connectivity index (χ0n) is 15.2. The van der Waals surface area contributed by atoms with Crippen molar-refractivity contribution in [2.75, 3.05) is 11.5 Å². The van der Waals surface area contributed by atoms with Crippen LogP contribution in [0.4, 0.5) is 19.6 Å². The maximum atomic E-state index is 14.2. The number of rotatable bonds is 3. The molecule has 2 aromatic carbocycles. The Morgan fingerprint density at radius 2 is 2.03 bits per heavy atom. The Labute approximate surface area is 168 Å². The minimum atomic E-state index is -0.872. The van der Waals surface area contributed by atoms with Gasteiger partial charge in [-0.1, -0.05) is 12.1 Å². The summed E-state index contributed by atoms with van der Waals surface area (Å²) in [5.41, 5.74) is 1.23. The highest BCUT2D eigenvalue weighted by Crippen LogP contribution is 2.33. The van der Waals surface area contributed by atoms with Gasteiger partial charge in [-0.05, 0) is 30.3 Å². The van der Waals surface area contributed by atoms with E-state index in [4.69, 9.17) is 4.74 Å². The van der Waals surface area contributed by atoms with Gasteiger partial charge in [0.25, 0.3) is 0 Å². The van der Waals surface area contributed by atoms with Crippen molar-refractivity contribution in [1.82, 2.24) is 4.98 Å². The summed E-state index contributed by atoms with van der Waals surface area (Å²) >= 11 is 1.11. The molecule has 4 rings (SSSR count). The Bertz CT molecular complexity index is 1160. The zero-order chi connectivity index (χ0) is 20.5. The van der Waals surface area contributed by atoms with Crippen molar-refractivity contribution in [2.24, 2.45) is 0 Å². The molecule has 8 heteroatoms. The molecule has 0 saturated carbocycles. The summed E-state index contributed by atoms with van der Waals surface area (Å²) in [5.74, 6) is -1.72. The highest BCUT2D eigenvalue weighted by atomic mass is 32.1. The lowest BCUT2D eigenvalue weighted by atomic mass is 10.00. The van der Waals surface area contributed by atoms with Crippen LogP contribution < -0.4 is 9.64 Å². The standard InChI is InChI=1S/C21H14F2N2O3S/c1-12(26)25(18-7-6-14(22)9-17(18)23)21-24-15(11-29-21)8-13-10-28-19-5-3-2-4-16(19)20(13)27/h2-9,11H,10H2,1H3. The Balaban J connectivity index is 1.66. The Morgan fingerprint density at radius 3 is 2.79 bits per heavy atom. The number of anilines is 2. The lowest BCUT2D eigenvalue weighted by Gasteiger charge is -2.19. The number of aromatic nitrogens is 1.